The molecule has 0 fully saturated rings. The van der Waals surface area contributed by atoms with Crippen LogP contribution in [-0.4, -0.2) is 26.8 Å². The van der Waals surface area contributed by atoms with Gasteiger partial charge in [0.2, 0.25) is 21.8 Å². The van der Waals surface area contributed by atoms with Gasteiger partial charge in [0, 0.05) is 11.8 Å². The van der Waals surface area contributed by atoms with Gasteiger partial charge in [-0.3, -0.25) is 9.59 Å². The van der Waals surface area contributed by atoms with E-state index in [0.717, 1.165) is 5.56 Å². The molecular weight excluding hydrogens is 366 g/mol. The Morgan fingerprint density at radius 1 is 1.11 bits per heavy atom. The summed E-state index contributed by atoms with van der Waals surface area (Å²) in [5.41, 5.74) is 2.58. The van der Waals surface area contributed by atoms with Crippen LogP contribution in [0.15, 0.2) is 53.4 Å². The zero-order chi connectivity index (χ0) is 20.0. The summed E-state index contributed by atoms with van der Waals surface area (Å²) >= 11 is 0. The number of nitrogens with two attached hydrogens (primary N) is 1. The number of nitrogens with one attached hydrogen (secondary N) is 2. The van der Waals surface area contributed by atoms with Crippen LogP contribution in [0.25, 0.3) is 6.08 Å². The lowest BCUT2D eigenvalue weighted by atomic mass is 10.1. The standard InChI is InChI=1S/C19H21N3O4S/c1-13-10-16(27(20,25)26)11-17(14(13)2)22-19(24)12-21-18(23)9-8-15-6-4-3-5-7-15/h3-11H,12H2,1-2H3,(H,21,23)(H,22,24)(H2,20,25,26)/b9-8+. The number of anilines is 1. The Bertz CT molecular complexity index is 984. The van der Waals surface area contributed by atoms with Crippen molar-refractivity contribution in [3.05, 3.63) is 65.2 Å². The van der Waals surface area contributed by atoms with Crippen molar-refractivity contribution in [1.29, 1.82) is 0 Å². The van der Waals surface area contributed by atoms with E-state index in [1.54, 1.807) is 19.9 Å². The van der Waals surface area contributed by atoms with E-state index in [1.165, 1.54) is 18.2 Å². The van der Waals surface area contributed by atoms with Gasteiger partial charge in [-0.2, -0.15) is 0 Å². The molecule has 0 aliphatic rings. The van der Waals surface area contributed by atoms with Gasteiger partial charge in [-0.05, 0) is 48.7 Å². The number of amides is 2. The molecule has 0 aliphatic heterocycles. The Hall–Kier alpha value is -2.97. The minimum Gasteiger partial charge on any atom is -0.343 e. The highest BCUT2D eigenvalue weighted by molar-refractivity contribution is 7.89. The van der Waals surface area contributed by atoms with Crippen molar-refractivity contribution in [1.82, 2.24) is 5.32 Å². The first kappa shape index (κ1) is 20.3. The summed E-state index contributed by atoms with van der Waals surface area (Å²) < 4.78 is 23.1. The van der Waals surface area contributed by atoms with Gasteiger partial charge in [-0.1, -0.05) is 30.3 Å². The molecule has 2 rings (SSSR count). The Balaban J connectivity index is 1.99. The maximum Gasteiger partial charge on any atom is 0.244 e. The number of sulfonamides is 1. The van der Waals surface area contributed by atoms with Gasteiger partial charge < -0.3 is 10.6 Å². The van der Waals surface area contributed by atoms with Crippen molar-refractivity contribution in [3.63, 3.8) is 0 Å². The van der Waals surface area contributed by atoms with Crippen molar-refractivity contribution in [3.8, 4) is 0 Å². The zero-order valence-electron chi connectivity index (χ0n) is 15.0. The largest absolute Gasteiger partial charge is 0.343 e. The van der Waals surface area contributed by atoms with Crippen LogP contribution in [0, 0.1) is 13.8 Å². The van der Waals surface area contributed by atoms with Gasteiger partial charge in [0.25, 0.3) is 0 Å². The van der Waals surface area contributed by atoms with Crippen molar-refractivity contribution >= 4 is 33.6 Å². The number of hydrogen-bond donors (Lipinski definition) is 3. The van der Waals surface area contributed by atoms with Crippen molar-refractivity contribution in [2.75, 3.05) is 11.9 Å². The quantitative estimate of drug-likeness (QED) is 0.654. The zero-order valence-corrected chi connectivity index (χ0v) is 15.8. The Morgan fingerprint density at radius 3 is 2.41 bits per heavy atom. The van der Waals surface area contributed by atoms with Crippen LogP contribution >= 0.6 is 0 Å². The number of carbonyl (C=O) groups is 2. The molecular formula is C19H21N3O4S. The summed E-state index contributed by atoms with van der Waals surface area (Å²) in [4.78, 5) is 23.8. The van der Waals surface area contributed by atoms with Gasteiger partial charge in [-0.15, -0.1) is 0 Å². The number of primary sulfonamides is 1. The SMILES string of the molecule is Cc1cc(S(N)(=O)=O)cc(NC(=O)CNC(=O)/C=C/c2ccccc2)c1C. The molecule has 2 aromatic carbocycles. The predicted octanol–water partition coefficient (Wildman–Crippen LogP) is 1.72. The van der Waals surface area contributed by atoms with Gasteiger partial charge in [0.15, 0.2) is 0 Å². The second-order valence-corrected chi connectivity index (χ2v) is 7.53. The fourth-order valence-corrected chi connectivity index (χ4v) is 2.90. The van der Waals surface area contributed by atoms with Gasteiger partial charge in [-0.25, -0.2) is 13.6 Å². The first-order chi connectivity index (χ1) is 12.7. The van der Waals surface area contributed by atoms with E-state index in [-0.39, 0.29) is 11.4 Å². The van der Waals surface area contributed by atoms with E-state index in [4.69, 9.17) is 5.14 Å². The molecule has 0 aliphatic carbocycles. The average Bonchev–Trinajstić information content (AvgIpc) is 2.62. The van der Waals surface area contributed by atoms with Gasteiger partial charge in [0.1, 0.15) is 0 Å². The van der Waals surface area contributed by atoms with Crippen LogP contribution in [0.4, 0.5) is 5.69 Å². The third kappa shape index (κ3) is 6.05. The van der Waals surface area contributed by atoms with E-state index in [0.29, 0.717) is 16.8 Å². The highest BCUT2D eigenvalue weighted by Gasteiger charge is 2.14. The molecule has 0 radical (unpaired) electrons. The summed E-state index contributed by atoms with van der Waals surface area (Å²) in [5.74, 6) is -0.897. The minimum atomic E-state index is -3.89. The van der Waals surface area contributed by atoms with Crippen molar-refractivity contribution < 1.29 is 18.0 Å². The molecule has 8 heteroatoms. The lowest BCUT2D eigenvalue weighted by Gasteiger charge is -2.13. The fraction of sp³-hybridized carbons (Fsp3) is 0.158. The van der Waals surface area contributed by atoms with E-state index >= 15 is 0 Å². The summed E-state index contributed by atoms with van der Waals surface area (Å²) in [6.07, 6.45) is 2.97. The Morgan fingerprint density at radius 2 is 1.78 bits per heavy atom. The first-order valence-corrected chi connectivity index (χ1v) is 9.66. The van der Waals surface area contributed by atoms with E-state index < -0.39 is 21.8 Å². The maximum atomic E-state index is 12.1. The predicted molar refractivity (Wildman–Crippen MR) is 104 cm³/mol. The second-order valence-electron chi connectivity index (χ2n) is 5.97. The molecule has 0 spiro atoms. The number of carbonyl (C=O) groups excluding carboxylic acids is 2. The van der Waals surface area contributed by atoms with Crippen LogP contribution in [0.3, 0.4) is 0 Å². The molecule has 0 saturated carbocycles. The molecule has 27 heavy (non-hydrogen) atoms. The van der Waals surface area contributed by atoms with Crippen LogP contribution in [0.5, 0.6) is 0 Å². The summed E-state index contributed by atoms with van der Waals surface area (Å²) in [6, 6.07) is 12.0. The van der Waals surface area contributed by atoms with E-state index in [1.807, 2.05) is 30.3 Å². The third-order valence-corrected chi connectivity index (χ3v) is 4.79. The topological polar surface area (TPSA) is 118 Å². The van der Waals surface area contributed by atoms with E-state index in [2.05, 4.69) is 10.6 Å². The summed E-state index contributed by atoms with van der Waals surface area (Å²) in [7, 11) is -3.89. The molecule has 0 heterocycles. The van der Waals surface area contributed by atoms with Gasteiger partial charge >= 0.3 is 0 Å². The average molecular weight is 387 g/mol. The van der Waals surface area contributed by atoms with Gasteiger partial charge in [0.05, 0.1) is 11.4 Å². The summed E-state index contributed by atoms with van der Waals surface area (Å²) in [5, 5.41) is 10.2. The van der Waals surface area contributed by atoms with Crippen molar-refractivity contribution in [2.24, 2.45) is 5.14 Å². The molecule has 142 valence electrons. The lowest BCUT2D eigenvalue weighted by Crippen LogP contribution is -2.32. The number of hydrogen-bond acceptors (Lipinski definition) is 4. The normalized spacial score (nSPS) is 11.4. The van der Waals surface area contributed by atoms with Crippen LogP contribution in [-0.2, 0) is 19.6 Å². The Kier molecular flexibility index (Phi) is 6.49. The first-order valence-electron chi connectivity index (χ1n) is 8.11. The highest BCUT2D eigenvalue weighted by atomic mass is 32.2. The summed E-state index contributed by atoms with van der Waals surface area (Å²) in [6.45, 7) is 3.21. The number of aryl methyl sites for hydroxylation is 1. The highest BCUT2D eigenvalue weighted by Crippen LogP contribution is 2.23. The molecule has 0 bridgehead atoms. The molecule has 0 saturated heterocycles. The molecule has 4 N–H and O–H groups in total. The van der Waals surface area contributed by atoms with Crippen molar-refractivity contribution in [2.45, 2.75) is 18.7 Å². The molecule has 2 amide bonds. The molecule has 0 aromatic heterocycles. The monoisotopic (exact) mass is 387 g/mol. The smallest absolute Gasteiger partial charge is 0.244 e. The fourth-order valence-electron chi connectivity index (χ4n) is 2.28. The lowest BCUT2D eigenvalue weighted by molar-refractivity contribution is -0.121. The molecule has 0 unspecified atom stereocenters. The second kappa shape index (κ2) is 8.61. The Labute approximate surface area is 158 Å². The number of rotatable bonds is 6. The maximum absolute atomic E-state index is 12.1. The van der Waals surface area contributed by atoms with E-state index in [9.17, 15) is 18.0 Å². The molecule has 0 atom stereocenters. The van der Waals surface area contributed by atoms with Crippen LogP contribution < -0.4 is 15.8 Å². The van der Waals surface area contributed by atoms with Crippen LogP contribution in [0.1, 0.15) is 16.7 Å². The van der Waals surface area contributed by atoms with Crippen LogP contribution in [0.2, 0.25) is 0 Å². The molecule has 2 aromatic rings. The molecule has 7 nitrogen and oxygen atoms in total. The number of benzene rings is 2. The minimum absolute atomic E-state index is 0.0873. The third-order valence-electron chi connectivity index (χ3n) is 3.89.